The van der Waals surface area contributed by atoms with Gasteiger partial charge in [0.05, 0.1) is 12.7 Å². The molecule has 0 bridgehead atoms. The van der Waals surface area contributed by atoms with E-state index in [1.165, 1.54) is 12.0 Å². The third-order valence-electron chi connectivity index (χ3n) is 4.40. The van der Waals surface area contributed by atoms with Crippen LogP contribution in [0.1, 0.15) is 48.4 Å². The Morgan fingerprint density at radius 1 is 1.21 bits per heavy atom. The molecule has 0 heterocycles. The number of methoxy groups -OCH3 is 2. The highest BCUT2D eigenvalue weighted by Crippen LogP contribution is 2.41. The number of ether oxygens (including phenoxy) is 2. The average Bonchev–Trinajstić information content (AvgIpc) is 2.33. The highest BCUT2D eigenvalue weighted by atomic mass is 16.5. The van der Waals surface area contributed by atoms with E-state index >= 15 is 0 Å². The van der Waals surface area contributed by atoms with Crippen molar-refractivity contribution in [1.29, 1.82) is 0 Å². The largest absolute Gasteiger partial charge is 0.496 e. The molecule has 19 heavy (non-hydrogen) atoms. The molecule has 1 atom stereocenters. The molecule has 1 aromatic rings. The lowest BCUT2D eigenvalue weighted by Gasteiger charge is -2.42. The van der Waals surface area contributed by atoms with Gasteiger partial charge in [0.25, 0.3) is 0 Å². The summed E-state index contributed by atoms with van der Waals surface area (Å²) < 4.78 is 11.1. The van der Waals surface area contributed by atoms with Gasteiger partial charge in [0.15, 0.2) is 0 Å². The molecule has 0 aromatic heterocycles. The Balaban J connectivity index is 2.17. The normalized spacial score (nSPS) is 18.8. The molecule has 2 rings (SSSR count). The van der Waals surface area contributed by atoms with E-state index in [4.69, 9.17) is 15.2 Å². The fourth-order valence-electron chi connectivity index (χ4n) is 3.10. The summed E-state index contributed by atoms with van der Waals surface area (Å²) in [5.41, 5.74) is 9.86. The van der Waals surface area contributed by atoms with Crippen LogP contribution in [0.5, 0.6) is 5.75 Å². The predicted octanol–water partition coefficient (Wildman–Crippen LogP) is 3.27. The van der Waals surface area contributed by atoms with E-state index in [-0.39, 0.29) is 11.6 Å². The molecule has 1 unspecified atom stereocenters. The minimum Gasteiger partial charge on any atom is -0.496 e. The maximum Gasteiger partial charge on any atom is 0.124 e. The van der Waals surface area contributed by atoms with Crippen molar-refractivity contribution in [2.24, 2.45) is 5.73 Å². The van der Waals surface area contributed by atoms with E-state index < -0.39 is 0 Å². The van der Waals surface area contributed by atoms with Gasteiger partial charge in [-0.2, -0.15) is 0 Å². The number of benzene rings is 1. The van der Waals surface area contributed by atoms with Gasteiger partial charge in [-0.25, -0.2) is 0 Å². The van der Waals surface area contributed by atoms with Gasteiger partial charge in [-0.1, -0.05) is 12.1 Å². The molecule has 2 N–H and O–H groups in total. The summed E-state index contributed by atoms with van der Waals surface area (Å²) in [5, 5.41) is 0. The molecule has 0 radical (unpaired) electrons. The highest BCUT2D eigenvalue weighted by Gasteiger charge is 2.38. The first-order valence-corrected chi connectivity index (χ1v) is 6.97. The molecule has 0 spiro atoms. The first-order valence-electron chi connectivity index (χ1n) is 6.97. The lowest BCUT2D eigenvalue weighted by atomic mass is 9.74. The Kier molecular flexibility index (Phi) is 4.16. The molecule has 1 aromatic carbocycles. The van der Waals surface area contributed by atoms with Gasteiger partial charge in [0.1, 0.15) is 5.75 Å². The van der Waals surface area contributed by atoms with Crippen LogP contribution in [0.4, 0.5) is 0 Å². The minimum atomic E-state index is 0.0150. The molecule has 1 fully saturated rings. The quantitative estimate of drug-likeness (QED) is 0.886. The maximum absolute atomic E-state index is 6.37. The second-order valence-corrected chi connectivity index (χ2v) is 5.74. The predicted molar refractivity (Wildman–Crippen MR) is 77.6 cm³/mol. The second-order valence-electron chi connectivity index (χ2n) is 5.74. The molecule has 1 saturated carbocycles. The van der Waals surface area contributed by atoms with Crippen LogP contribution < -0.4 is 10.5 Å². The lowest BCUT2D eigenvalue weighted by molar-refractivity contribution is -0.0817. The van der Waals surface area contributed by atoms with Gasteiger partial charge >= 0.3 is 0 Å². The van der Waals surface area contributed by atoms with Gasteiger partial charge in [-0.3, -0.25) is 0 Å². The van der Waals surface area contributed by atoms with Crippen molar-refractivity contribution in [3.8, 4) is 5.75 Å². The molecule has 3 heteroatoms. The fourth-order valence-corrected chi connectivity index (χ4v) is 3.10. The van der Waals surface area contributed by atoms with Crippen LogP contribution in [-0.2, 0) is 4.74 Å². The number of hydrogen-bond acceptors (Lipinski definition) is 3. The molecule has 0 amide bonds. The van der Waals surface area contributed by atoms with Gasteiger partial charge in [0, 0.05) is 13.2 Å². The summed E-state index contributed by atoms with van der Waals surface area (Å²) in [6.07, 6.45) is 4.41. The topological polar surface area (TPSA) is 44.5 Å². The Morgan fingerprint density at radius 2 is 1.79 bits per heavy atom. The molecule has 1 aliphatic rings. The summed E-state index contributed by atoms with van der Waals surface area (Å²) >= 11 is 0. The van der Waals surface area contributed by atoms with Crippen LogP contribution in [0.3, 0.4) is 0 Å². The van der Waals surface area contributed by atoms with Crippen LogP contribution in [0.15, 0.2) is 12.1 Å². The molecule has 0 saturated heterocycles. The number of aryl methyl sites for hydroxylation is 2. The summed E-state index contributed by atoms with van der Waals surface area (Å²) in [7, 11) is 3.51. The molecular weight excluding hydrogens is 238 g/mol. The van der Waals surface area contributed by atoms with Gasteiger partial charge in [-0.15, -0.1) is 0 Å². The standard InChI is InChI=1S/C16H25NO2/c1-11-8-13(9-12(2)15(11)18-3)14(17)10-16(19-4)6-5-7-16/h8-9,14H,5-7,10,17H2,1-4H3. The number of nitrogens with two attached hydrogens (primary N) is 1. The van der Waals surface area contributed by atoms with Crippen molar-refractivity contribution < 1.29 is 9.47 Å². The second kappa shape index (κ2) is 5.51. The lowest BCUT2D eigenvalue weighted by Crippen LogP contribution is -2.41. The van der Waals surface area contributed by atoms with E-state index in [9.17, 15) is 0 Å². The summed E-state index contributed by atoms with van der Waals surface area (Å²) in [5.74, 6) is 0.959. The molecule has 106 valence electrons. The van der Waals surface area contributed by atoms with E-state index in [2.05, 4.69) is 26.0 Å². The van der Waals surface area contributed by atoms with Crippen LogP contribution >= 0.6 is 0 Å². The van der Waals surface area contributed by atoms with Crippen molar-refractivity contribution in [1.82, 2.24) is 0 Å². The van der Waals surface area contributed by atoms with Crippen molar-refractivity contribution in [2.75, 3.05) is 14.2 Å². The third kappa shape index (κ3) is 2.77. The highest BCUT2D eigenvalue weighted by molar-refractivity contribution is 5.44. The fraction of sp³-hybridized carbons (Fsp3) is 0.625. The van der Waals surface area contributed by atoms with Gasteiger partial charge in [-0.05, 0) is 56.2 Å². The zero-order valence-corrected chi connectivity index (χ0v) is 12.5. The molecular formula is C16H25NO2. The number of rotatable bonds is 5. The Morgan fingerprint density at radius 3 is 2.16 bits per heavy atom. The number of hydrogen-bond donors (Lipinski definition) is 1. The summed E-state index contributed by atoms with van der Waals surface area (Å²) in [4.78, 5) is 0. The first-order chi connectivity index (χ1) is 9.01. The Labute approximate surface area is 116 Å². The average molecular weight is 263 g/mol. The third-order valence-corrected chi connectivity index (χ3v) is 4.40. The molecule has 3 nitrogen and oxygen atoms in total. The molecule has 1 aliphatic carbocycles. The minimum absolute atomic E-state index is 0.0150. The zero-order chi connectivity index (χ0) is 14.0. The van der Waals surface area contributed by atoms with Crippen LogP contribution in [0, 0.1) is 13.8 Å². The van der Waals surface area contributed by atoms with Crippen LogP contribution in [-0.4, -0.2) is 19.8 Å². The van der Waals surface area contributed by atoms with E-state index in [0.717, 1.165) is 36.1 Å². The van der Waals surface area contributed by atoms with Crippen molar-refractivity contribution in [2.45, 2.75) is 51.2 Å². The Bertz CT molecular complexity index is 424. The van der Waals surface area contributed by atoms with Crippen molar-refractivity contribution in [3.05, 3.63) is 28.8 Å². The Hall–Kier alpha value is -1.06. The van der Waals surface area contributed by atoms with Crippen LogP contribution in [0.2, 0.25) is 0 Å². The van der Waals surface area contributed by atoms with E-state index in [1.54, 1.807) is 14.2 Å². The summed E-state index contributed by atoms with van der Waals surface area (Å²) in [6, 6.07) is 4.31. The van der Waals surface area contributed by atoms with Gasteiger partial charge in [0.2, 0.25) is 0 Å². The smallest absolute Gasteiger partial charge is 0.124 e. The van der Waals surface area contributed by atoms with Gasteiger partial charge < -0.3 is 15.2 Å². The molecule has 0 aliphatic heterocycles. The maximum atomic E-state index is 6.37. The van der Waals surface area contributed by atoms with E-state index in [1.807, 2.05) is 0 Å². The van der Waals surface area contributed by atoms with Crippen molar-refractivity contribution in [3.63, 3.8) is 0 Å². The summed E-state index contributed by atoms with van der Waals surface area (Å²) in [6.45, 7) is 4.13. The SMILES string of the molecule is COc1c(C)cc(C(N)CC2(OC)CCC2)cc1C. The first kappa shape index (κ1) is 14.4. The zero-order valence-electron chi connectivity index (χ0n) is 12.5. The monoisotopic (exact) mass is 263 g/mol. The van der Waals surface area contributed by atoms with E-state index in [0.29, 0.717) is 0 Å². The van der Waals surface area contributed by atoms with Crippen LogP contribution in [0.25, 0.3) is 0 Å². The van der Waals surface area contributed by atoms with Crippen molar-refractivity contribution >= 4 is 0 Å².